The van der Waals surface area contributed by atoms with E-state index in [4.69, 9.17) is 4.74 Å². The Labute approximate surface area is 98.6 Å². The Morgan fingerprint density at radius 3 is 2.38 bits per heavy atom. The minimum absolute atomic E-state index is 0.187. The molecule has 2 nitrogen and oxygen atoms in total. The van der Waals surface area contributed by atoms with Crippen LogP contribution in [-0.2, 0) is 4.74 Å². The molecule has 88 valence electrons. The predicted molar refractivity (Wildman–Crippen MR) is 68.9 cm³/mol. The van der Waals surface area contributed by atoms with Crippen molar-refractivity contribution in [3.8, 4) is 0 Å². The molecule has 0 aliphatic heterocycles. The fourth-order valence-corrected chi connectivity index (χ4v) is 1.69. The lowest BCUT2D eigenvalue weighted by Gasteiger charge is -2.16. The Morgan fingerprint density at radius 1 is 1.25 bits per heavy atom. The van der Waals surface area contributed by atoms with Crippen molar-refractivity contribution >= 4 is 5.71 Å². The summed E-state index contributed by atoms with van der Waals surface area (Å²) in [4.78, 5) is 0. The summed E-state index contributed by atoms with van der Waals surface area (Å²) in [5, 5.41) is 0. The van der Waals surface area contributed by atoms with Gasteiger partial charge in [-0.3, -0.25) is 0 Å². The van der Waals surface area contributed by atoms with E-state index in [1.807, 2.05) is 19.9 Å². The van der Waals surface area contributed by atoms with Crippen molar-refractivity contribution in [2.75, 3.05) is 13.1 Å². The molecule has 0 heterocycles. The van der Waals surface area contributed by atoms with E-state index in [2.05, 4.69) is 37.2 Å². The smallest absolute Gasteiger partial charge is 0.203 e. The van der Waals surface area contributed by atoms with Gasteiger partial charge in [0, 0.05) is 11.6 Å². The molecule has 0 atom stereocenters. The second-order valence-corrected chi connectivity index (χ2v) is 4.13. The van der Waals surface area contributed by atoms with E-state index < -0.39 is 0 Å². The molecular weight excluding hydrogens is 198 g/mol. The molecule has 0 aromatic rings. The van der Waals surface area contributed by atoms with Crippen molar-refractivity contribution in [3.05, 3.63) is 36.1 Å². The first-order valence-corrected chi connectivity index (χ1v) is 5.96. The Balaban J connectivity index is 3.00. The van der Waals surface area contributed by atoms with E-state index >= 15 is 0 Å². The summed E-state index contributed by atoms with van der Waals surface area (Å²) in [5.41, 5.74) is 2.15. The van der Waals surface area contributed by atoms with E-state index in [0.717, 1.165) is 24.4 Å². The summed E-state index contributed by atoms with van der Waals surface area (Å²) in [5.74, 6) is 0.888. The molecule has 0 amide bonds. The van der Waals surface area contributed by atoms with Crippen LogP contribution < -0.4 is 0 Å². The average Bonchev–Trinajstić information content (AvgIpc) is 2.23. The number of nitrogens with zero attached hydrogens (tertiary/aromatic N) is 1. The van der Waals surface area contributed by atoms with E-state index in [1.165, 1.54) is 5.71 Å². The van der Waals surface area contributed by atoms with Gasteiger partial charge in [0.15, 0.2) is 0 Å². The van der Waals surface area contributed by atoms with Crippen molar-refractivity contribution < 1.29 is 9.31 Å². The minimum Gasteiger partial charge on any atom is -0.490 e. The van der Waals surface area contributed by atoms with Crippen LogP contribution in [0.3, 0.4) is 0 Å². The second-order valence-electron chi connectivity index (χ2n) is 4.13. The van der Waals surface area contributed by atoms with E-state index in [-0.39, 0.29) is 6.10 Å². The van der Waals surface area contributed by atoms with Crippen LogP contribution in [0.1, 0.15) is 27.7 Å². The van der Waals surface area contributed by atoms with E-state index in [1.54, 1.807) is 0 Å². The topological polar surface area (TPSA) is 12.2 Å². The Kier molecular flexibility index (Phi) is 4.53. The van der Waals surface area contributed by atoms with Crippen molar-refractivity contribution in [3.63, 3.8) is 0 Å². The van der Waals surface area contributed by atoms with Crippen LogP contribution in [0.2, 0.25) is 0 Å². The third kappa shape index (κ3) is 3.09. The number of allylic oxidation sites excluding steroid dienone is 3. The lowest BCUT2D eigenvalue weighted by atomic mass is 10.1. The summed E-state index contributed by atoms with van der Waals surface area (Å²) < 4.78 is 8.03. The maximum absolute atomic E-state index is 5.74. The van der Waals surface area contributed by atoms with Crippen LogP contribution in [0.15, 0.2) is 36.1 Å². The summed E-state index contributed by atoms with van der Waals surface area (Å²) in [6.45, 7) is 14.4. The Morgan fingerprint density at radius 2 is 1.88 bits per heavy atom. The lowest BCUT2D eigenvalue weighted by molar-refractivity contribution is -0.519. The zero-order valence-electron chi connectivity index (χ0n) is 10.8. The molecule has 0 spiro atoms. The van der Waals surface area contributed by atoms with Gasteiger partial charge in [0.2, 0.25) is 5.71 Å². The van der Waals surface area contributed by atoms with Crippen LogP contribution in [0.25, 0.3) is 0 Å². The zero-order valence-corrected chi connectivity index (χ0v) is 10.8. The first-order valence-electron chi connectivity index (χ1n) is 5.96. The van der Waals surface area contributed by atoms with Crippen molar-refractivity contribution in [2.24, 2.45) is 0 Å². The molecule has 0 saturated carbocycles. The molecular formula is C14H22NO+. The molecule has 0 N–H and O–H groups in total. The molecule has 0 saturated heterocycles. The standard InChI is InChI=1S/C14H22NO/c1-6-15(7-2)13-9-8-12(5)14(10-13)16-11(3)4/h8-11H,5-7H2,1-4H3/q+1. The van der Waals surface area contributed by atoms with Gasteiger partial charge >= 0.3 is 0 Å². The minimum atomic E-state index is 0.187. The molecule has 16 heavy (non-hydrogen) atoms. The van der Waals surface area contributed by atoms with Crippen LogP contribution in [0.4, 0.5) is 0 Å². The third-order valence-electron chi connectivity index (χ3n) is 2.54. The molecule has 1 aliphatic carbocycles. The van der Waals surface area contributed by atoms with Gasteiger partial charge in [0.25, 0.3) is 0 Å². The highest BCUT2D eigenvalue weighted by Crippen LogP contribution is 2.18. The van der Waals surface area contributed by atoms with Crippen LogP contribution in [0.5, 0.6) is 0 Å². The van der Waals surface area contributed by atoms with Gasteiger partial charge in [0.05, 0.1) is 12.2 Å². The number of ether oxygens (including phenoxy) is 1. The quantitative estimate of drug-likeness (QED) is 0.663. The van der Waals surface area contributed by atoms with Crippen molar-refractivity contribution in [1.29, 1.82) is 0 Å². The van der Waals surface area contributed by atoms with Crippen LogP contribution in [-0.4, -0.2) is 29.5 Å². The highest BCUT2D eigenvalue weighted by Gasteiger charge is 2.15. The average molecular weight is 220 g/mol. The van der Waals surface area contributed by atoms with Crippen LogP contribution >= 0.6 is 0 Å². The third-order valence-corrected chi connectivity index (χ3v) is 2.54. The molecule has 1 aliphatic rings. The molecule has 0 bridgehead atoms. The first kappa shape index (κ1) is 12.8. The number of rotatable bonds is 4. The normalized spacial score (nSPS) is 15.4. The van der Waals surface area contributed by atoms with Gasteiger partial charge < -0.3 is 4.74 Å². The van der Waals surface area contributed by atoms with Gasteiger partial charge in [-0.05, 0) is 33.8 Å². The van der Waals surface area contributed by atoms with Gasteiger partial charge in [-0.15, -0.1) is 0 Å². The summed E-state index contributed by atoms with van der Waals surface area (Å²) in [6.07, 6.45) is 6.39. The Hall–Kier alpha value is -1.31. The predicted octanol–water partition coefficient (Wildman–Crippen LogP) is 2.91. The zero-order chi connectivity index (χ0) is 12.1. The maximum atomic E-state index is 5.74. The van der Waals surface area contributed by atoms with E-state index in [9.17, 15) is 0 Å². The summed E-state index contributed by atoms with van der Waals surface area (Å²) >= 11 is 0. The molecule has 0 aromatic carbocycles. The maximum Gasteiger partial charge on any atom is 0.203 e. The first-order chi connectivity index (χ1) is 7.58. The van der Waals surface area contributed by atoms with Gasteiger partial charge in [-0.1, -0.05) is 6.58 Å². The molecule has 0 radical (unpaired) electrons. The Bertz CT molecular complexity index is 353. The SMILES string of the molecule is C=C1C=CC(=[N+](CC)CC)C=C1OC(C)C. The van der Waals surface area contributed by atoms with Crippen LogP contribution in [0, 0.1) is 0 Å². The number of hydrogen-bond acceptors (Lipinski definition) is 1. The highest BCUT2D eigenvalue weighted by atomic mass is 16.5. The number of hydrogen-bond donors (Lipinski definition) is 0. The lowest BCUT2D eigenvalue weighted by Crippen LogP contribution is -2.20. The molecule has 0 unspecified atom stereocenters. The monoisotopic (exact) mass is 220 g/mol. The second kappa shape index (κ2) is 5.69. The van der Waals surface area contributed by atoms with E-state index in [0.29, 0.717) is 0 Å². The summed E-state index contributed by atoms with van der Waals surface area (Å²) in [6, 6.07) is 0. The molecule has 0 aromatic heterocycles. The highest BCUT2D eigenvalue weighted by molar-refractivity contribution is 6.02. The largest absolute Gasteiger partial charge is 0.490 e. The van der Waals surface area contributed by atoms with Crippen molar-refractivity contribution in [2.45, 2.75) is 33.8 Å². The van der Waals surface area contributed by atoms with Gasteiger partial charge in [-0.25, -0.2) is 4.58 Å². The van der Waals surface area contributed by atoms with Gasteiger partial charge in [0.1, 0.15) is 18.8 Å². The molecule has 0 fully saturated rings. The fourth-order valence-electron chi connectivity index (χ4n) is 1.69. The molecule has 2 heteroatoms. The summed E-state index contributed by atoms with van der Waals surface area (Å²) in [7, 11) is 0. The van der Waals surface area contributed by atoms with Gasteiger partial charge in [-0.2, -0.15) is 0 Å². The fraction of sp³-hybridized carbons (Fsp3) is 0.500. The van der Waals surface area contributed by atoms with Crippen molar-refractivity contribution in [1.82, 2.24) is 0 Å². The molecule has 1 rings (SSSR count).